The molecule has 88 valence electrons. The Bertz CT molecular complexity index is 240. The number of amides is 1. The van der Waals surface area contributed by atoms with Crippen molar-refractivity contribution >= 4 is 11.9 Å². The highest BCUT2D eigenvalue weighted by molar-refractivity contribution is 5.89. The van der Waals surface area contributed by atoms with E-state index in [4.69, 9.17) is 15.9 Å². The van der Waals surface area contributed by atoms with Crippen molar-refractivity contribution in [1.82, 2.24) is 5.32 Å². The number of nitrogens with two attached hydrogens (primary N) is 1. The second-order valence-corrected chi connectivity index (χ2v) is 3.71. The van der Waals surface area contributed by atoms with E-state index in [-0.39, 0.29) is 0 Å². The number of aliphatic hydroxyl groups is 1. The summed E-state index contributed by atoms with van der Waals surface area (Å²) in [4.78, 5) is 22.1. The van der Waals surface area contributed by atoms with Crippen LogP contribution in [0, 0.1) is 0 Å². The van der Waals surface area contributed by atoms with Gasteiger partial charge in [-0.3, -0.25) is 4.79 Å². The molecule has 0 saturated heterocycles. The third-order valence-electron chi connectivity index (χ3n) is 2.07. The van der Waals surface area contributed by atoms with E-state index in [2.05, 4.69) is 5.32 Å². The van der Waals surface area contributed by atoms with Crippen molar-refractivity contribution in [3.8, 4) is 0 Å². The lowest BCUT2D eigenvalue weighted by atomic mass is 9.96. The van der Waals surface area contributed by atoms with Gasteiger partial charge in [0, 0.05) is 0 Å². The smallest absolute Gasteiger partial charge is 0.328 e. The Morgan fingerprint density at radius 3 is 2.40 bits per heavy atom. The van der Waals surface area contributed by atoms with Crippen LogP contribution in [0.1, 0.15) is 26.7 Å². The maximum absolute atomic E-state index is 11.5. The van der Waals surface area contributed by atoms with E-state index >= 15 is 0 Å². The molecule has 0 aliphatic heterocycles. The quantitative estimate of drug-likeness (QED) is 0.460. The summed E-state index contributed by atoms with van der Waals surface area (Å²) in [6.45, 7) is 2.75. The molecule has 0 saturated carbocycles. The minimum absolute atomic E-state index is 0.455. The molecule has 6 heteroatoms. The number of hydrogen-bond donors (Lipinski definition) is 4. The fourth-order valence-corrected chi connectivity index (χ4v) is 1.14. The van der Waals surface area contributed by atoms with E-state index in [9.17, 15) is 9.59 Å². The Balaban J connectivity index is 4.40. The highest BCUT2D eigenvalue weighted by Gasteiger charge is 2.30. The van der Waals surface area contributed by atoms with E-state index in [1.807, 2.05) is 6.92 Å². The first-order valence-corrected chi connectivity index (χ1v) is 4.78. The molecule has 0 aromatic carbocycles. The van der Waals surface area contributed by atoms with Crippen LogP contribution in [0.25, 0.3) is 0 Å². The van der Waals surface area contributed by atoms with Crippen LogP contribution in [0.3, 0.4) is 0 Å². The standard InChI is InChI=1S/C9H18N2O4/c1-3-4-9(2,10)8(15)11-6(5-12)7(13)14/h6,12H,3-5,10H2,1-2H3,(H,11,15)(H,13,14)/t6-,9?/m0/s1. The second kappa shape index (κ2) is 5.67. The third-order valence-corrected chi connectivity index (χ3v) is 2.07. The van der Waals surface area contributed by atoms with Crippen LogP contribution in [0.5, 0.6) is 0 Å². The van der Waals surface area contributed by atoms with Gasteiger partial charge in [-0.2, -0.15) is 0 Å². The maximum atomic E-state index is 11.5. The summed E-state index contributed by atoms with van der Waals surface area (Å²) in [5.41, 5.74) is 4.59. The van der Waals surface area contributed by atoms with Crippen molar-refractivity contribution in [3.63, 3.8) is 0 Å². The molecule has 5 N–H and O–H groups in total. The highest BCUT2D eigenvalue weighted by atomic mass is 16.4. The zero-order chi connectivity index (χ0) is 12.1. The monoisotopic (exact) mass is 218 g/mol. The van der Waals surface area contributed by atoms with E-state index in [0.29, 0.717) is 6.42 Å². The summed E-state index contributed by atoms with van der Waals surface area (Å²) in [6, 6.07) is -1.29. The first-order valence-electron chi connectivity index (χ1n) is 4.78. The number of hydrogen-bond acceptors (Lipinski definition) is 4. The minimum atomic E-state index is -1.29. The van der Waals surface area contributed by atoms with Gasteiger partial charge in [0.05, 0.1) is 12.1 Å². The molecular formula is C9H18N2O4. The first kappa shape index (κ1) is 13.9. The Hall–Kier alpha value is -1.14. The molecule has 0 fully saturated rings. The van der Waals surface area contributed by atoms with Crippen LogP contribution < -0.4 is 11.1 Å². The zero-order valence-corrected chi connectivity index (χ0v) is 8.99. The van der Waals surface area contributed by atoms with Crippen LogP contribution in [0.15, 0.2) is 0 Å². The fourth-order valence-electron chi connectivity index (χ4n) is 1.14. The third kappa shape index (κ3) is 4.26. The van der Waals surface area contributed by atoms with Crippen LogP contribution in [-0.4, -0.2) is 40.3 Å². The van der Waals surface area contributed by atoms with Crippen LogP contribution in [-0.2, 0) is 9.59 Å². The SMILES string of the molecule is CCCC(C)(N)C(=O)N[C@@H](CO)C(=O)O. The lowest BCUT2D eigenvalue weighted by Crippen LogP contribution is -2.56. The number of aliphatic carboxylic acids is 1. The number of carboxylic acids is 1. The van der Waals surface area contributed by atoms with Gasteiger partial charge >= 0.3 is 5.97 Å². The van der Waals surface area contributed by atoms with Gasteiger partial charge in [-0.05, 0) is 13.3 Å². The molecule has 0 radical (unpaired) electrons. The fraction of sp³-hybridized carbons (Fsp3) is 0.778. The topological polar surface area (TPSA) is 113 Å². The summed E-state index contributed by atoms with van der Waals surface area (Å²) < 4.78 is 0. The van der Waals surface area contributed by atoms with Gasteiger partial charge in [-0.25, -0.2) is 4.79 Å². The Labute approximate surface area is 88.5 Å². The van der Waals surface area contributed by atoms with Crippen molar-refractivity contribution in [1.29, 1.82) is 0 Å². The van der Waals surface area contributed by atoms with Crippen LogP contribution in [0.2, 0.25) is 0 Å². The van der Waals surface area contributed by atoms with Gasteiger partial charge in [-0.1, -0.05) is 13.3 Å². The van der Waals surface area contributed by atoms with Crippen LogP contribution >= 0.6 is 0 Å². The number of carbonyl (C=O) groups excluding carboxylic acids is 1. The lowest BCUT2D eigenvalue weighted by molar-refractivity contribution is -0.143. The van der Waals surface area contributed by atoms with Gasteiger partial charge in [0.1, 0.15) is 6.04 Å². The molecule has 6 nitrogen and oxygen atoms in total. The molecule has 0 spiro atoms. The highest BCUT2D eigenvalue weighted by Crippen LogP contribution is 2.08. The zero-order valence-electron chi connectivity index (χ0n) is 8.99. The van der Waals surface area contributed by atoms with Crippen molar-refractivity contribution in [2.75, 3.05) is 6.61 Å². The van der Waals surface area contributed by atoms with Crippen LogP contribution in [0.4, 0.5) is 0 Å². The molecule has 0 aliphatic rings. The van der Waals surface area contributed by atoms with E-state index in [1.165, 1.54) is 6.92 Å². The average Bonchev–Trinajstić information content (AvgIpc) is 2.12. The number of carboxylic acid groups (broad SMARTS) is 1. The Kier molecular flexibility index (Phi) is 5.24. The van der Waals surface area contributed by atoms with Gasteiger partial charge < -0.3 is 21.3 Å². The number of rotatable bonds is 6. The first-order chi connectivity index (χ1) is 6.85. The molecule has 0 heterocycles. The normalized spacial score (nSPS) is 16.5. The van der Waals surface area contributed by atoms with Gasteiger partial charge in [0.15, 0.2) is 0 Å². The number of aliphatic hydroxyl groups excluding tert-OH is 1. The predicted octanol–water partition coefficient (Wildman–Crippen LogP) is -0.934. The summed E-state index contributed by atoms with van der Waals surface area (Å²) in [7, 11) is 0. The molecule has 0 rings (SSSR count). The van der Waals surface area contributed by atoms with Crippen molar-refractivity contribution < 1.29 is 19.8 Å². The van der Waals surface area contributed by atoms with E-state index in [0.717, 1.165) is 6.42 Å². The number of nitrogens with one attached hydrogen (secondary N) is 1. The van der Waals surface area contributed by atoms with Gasteiger partial charge in [0.25, 0.3) is 0 Å². The molecule has 0 aliphatic carbocycles. The summed E-state index contributed by atoms with van der Waals surface area (Å²) in [6.07, 6.45) is 1.17. The second-order valence-electron chi connectivity index (χ2n) is 3.71. The summed E-state index contributed by atoms with van der Waals surface area (Å²) in [5.74, 6) is -1.84. The van der Waals surface area contributed by atoms with Crippen molar-refractivity contribution in [3.05, 3.63) is 0 Å². The number of carbonyl (C=O) groups is 2. The molecule has 0 aromatic heterocycles. The minimum Gasteiger partial charge on any atom is -0.480 e. The molecule has 0 aromatic rings. The predicted molar refractivity (Wildman–Crippen MR) is 54.2 cm³/mol. The van der Waals surface area contributed by atoms with E-state index < -0.39 is 30.1 Å². The molecule has 15 heavy (non-hydrogen) atoms. The lowest BCUT2D eigenvalue weighted by Gasteiger charge is -2.24. The Morgan fingerprint density at radius 2 is 2.07 bits per heavy atom. The van der Waals surface area contributed by atoms with Gasteiger partial charge in [-0.15, -0.1) is 0 Å². The van der Waals surface area contributed by atoms with E-state index in [1.54, 1.807) is 0 Å². The largest absolute Gasteiger partial charge is 0.480 e. The molecule has 0 bridgehead atoms. The van der Waals surface area contributed by atoms with Gasteiger partial charge in [0.2, 0.25) is 5.91 Å². The molecular weight excluding hydrogens is 200 g/mol. The molecule has 1 unspecified atom stereocenters. The van der Waals surface area contributed by atoms with Crippen molar-refractivity contribution in [2.24, 2.45) is 5.73 Å². The maximum Gasteiger partial charge on any atom is 0.328 e. The molecule has 1 amide bonds. The Morgan fingerprint density at radius 1 is 1.53 bits per heavy atom. The average molecular weight is 218 g/mol. The van der Waals surface area contributed by atoms with Crippen molar-refractivity contribution in [2.45, 2.75) is 38.3 Å². The molecule has 2 atom stereocenters. The summed E-state index contributed by atoms with van der Waals surface area (Å²) in [5, 5.41) is 19.5. The summed E-state index contributed by atoms with van der Waals surface area (Å²) >= 11 is 0.